The molecule has 6 rings (SSSR count). The number of sulfonamides is 1. The highest BCUT2D eigenvalue weighted by Gasteiger charge is 2.27. The maximum atomic E-state index is 15.5. The van der Waals surface area contributed by atoms with E-state index < -0.39 is 49.4 Å². The summed E-state index contributed by atoms with van der Waals surface area (Å²) in [6.45, 7) is 1.85. The van der Waals surface area contributed by atoms with Gasteiger partial charge in [0, 0.05) is 28.9 Å². The van der Waals surface area contributed by atoms with Crippen molar-refractivity contribution >= 4 is 49.5 Å². The molecular weight excluding hydrogens is 557 g/mol. The Kier molecular flexibility index (Phi) is 6.03. The third kappa shape index (κ3) is 4.45. The summed E-state index contributed by atoms with van der Waals surface area (Å²) in [5.74, 6) is -4.22. The van der Waals surface area contributed by atoms with Crippen LogP contribution >= 0.6 is 0 Å². The van der Waals surface area contributed by atoms with Gasteiger partial charge in [0.2, 0.25) is 5.78 Å². The quantitative estimate of drug-likeness (QED) is 0.194. The summed E-state index contributed by atoms with van der Waals surface area (Å²) in [7, 11) is -4.45. The lowest BCUT2D eigenvalue weighted by Gasteiger charge is -2.12. The van der Waals surface area contributed by atoms with E-state index in [1.165, 1.54) is 12.3 Å². The molecule has 3 heterocycles. The van der Waals surface area contributed by atoms with Gasteiger partial charge in [-0.3, -0.25) is 9.52 Å². The molecule has 3 aromatic carbocycles. The van der Waals surface area contributed by atoms with E-state index in [0.717, 1.165) is 47.0 Å². The van der Waals surface area contributed by atoms with Crippen molar-refractivity contribution in [2.24, 2.45) is 0 Å². The van der Waals surface area contributed by atoms with Gasteiger partial charge in [0.05, 0.1) is 27.2 Å². The van der Waals surface area contributed by atoms with Crippen LogP contribution in [0.2, 0.25) is 0 Å². The van der Waals surface area contributed by atoms with Gasteiger partial charge in [-0.2, -0.15) is 0 Å². The molecule has 3 aromatic heterocycles. The number of H-pyrrole nitrogens is 2. The molecule has 206 valence electrons. The average Bonchev–Trinajstić information content (AvgIpc) is 3.53. The highest BCUT2D eigenvalue weighted by atomic mass is 32.2. The second-order valence-corrected chi connectivity index (χ2v) is 10.9. The lowest BCUT2D eigenvalue weighted by Crippen LogP contribution is -2.16. The van der Waals surface area contributed by atoms with Crippen molar-refractivity contribution in [3.05, 3.63) is 101 Å². The SMILES string of the molecule is Cc1c(-c2cnc3[nH]cc(C(=O)c4c(F)ccc(NS(=O)(=O)c5cccc(F)c5)c4F)c3c2)ccc2[nH]c(N)nc12. The molecule has 13 heteroatoms. The van der Waals surface area contributed by atoms with Crippen LogP contribution in [0.5, 0.6) is 0 Å². The molecule has 41 heavy (non-hydrogen) atoms. The molecule has 9 nitrogen and oxygen atoms in total. The number of halogens is 3. The Morgan fingerprint density at radius 2 is 1.85 bits per heavy atom. The number of nitrogens with two attached hydrogens (primary N) is 1. The third-order valence-electron chi connectivity index (χ3n) is 6.68. The summed E-state index contributed by atoms with van der Waals surface area (Å²) < 4.78 is 71.4. The summed E-state index contributed by atoms with van der Waals surface area (Å²) in [5, 5.41) is 0.290. The first-order valence-corrected chi connectivity index (χ1v) is 13.5. The van der Waals surface area contributed by atoms with E-state index in [2.05, 4.69) is 19.9 Å². The number of aromatic nitrogens is 4. The zero-order valence-electron chi connectivity index (χ0n) is 21.1. The van der Waals surface area contributed by atoms with Crippen LogP contribution in [-0.2, 0) is 10.0 Å². The van der Waals surface area contributed by atoms with Crippen molar-refractivity contribution in [3.63, 3.8) is 0 Å². The summed E-state index contributed by atoms with van der Waals surface area (Å²) in [4.78, 5) is 27.5. The molecule has 0 radical (unpaired) electrons. The normalized spacial score (nSPS) is 11.8. The number of carbonyl (C=O) groups is 1. The number of nitrogens with one attached hydrogen (secondary N) is 3. The monoisotopic (exact) mass is 576 g/mol. The standard InChI is InChI=1S/C28H19F3N6O3S/c1-13-17(5-7-22-25(13)36-28(32)35-22)14-9-18-19(12-34-27(18)33-11-14)26(38)23-20(30)6-8-21(24(23)31)37-41(39,40)16-4-2-3-15(29)10-16/h2-12,37H,1H3,(H,33,34)(H3,32,35,36). The molecule has 0 spiro atoms. The summed E-state index contributed by atoms with van der Waals surface area (Å²) in [6, 6.07) is 11.0. The van der Waals surface area contributed by atoms with Crippen molar-refractivity contribution in [2.75, 3.05) is 10.5 Å². The zero-order valence-corrected chi connectivity index (χ0v) is 21.9. The van der Waals surface area contributed by atoms with Gasteiger partial charge in [0.1, 0.15) is 17.3 Å². The van der Waals surface area contributed by atoms with Gasteiger partial charge >= 0.3 is 0 Å². The van der Waals surface area contributed by atoms with Crippen LogP contribution in [0.4, 0.5) is 24.8 Å². The zero-order chi connectivity index (χ0) is 29.1. The minimum absolute atomic E-state index is 0.0833. The fourth-order valence-electron chi connectivity index (χ4n) is 4.69. The van der Waals surface area contributed by atoms with Gasteiger partial charge in [-0.25, -0.2) is 31.6 Å². The number of hydrogen-bond donors (Lipinski definition) is 4. The number of benzene rings is 3. The number of imidazole rings is 1. The molecule has 0 atom stereocenters. The number of aryl methyl sites for hydroxylation is 1. The maximum Gasteiger partial charge on any atom is 0.262 e. The molecular formula is C28H19F3N6O3S. The molecule has 6 aromatic rings. The Morgan fingerprint density at radius 1 is 1.05 bits per heavy atom. The molecule has 0 bridgehead atoms. The van der Waals surface area contributed by atoms with E-state index in [0.29, 0.717) is 16.7 Å². The van der Waals surface area contributed by atoms with E-state index >= 15 is 4.39 Å². The maximum absolute atomic E-state index is 15.5. The third-order valence-corrected chi connectivity index (χ3v) is 8.04. The summed E-state index contributed by atoms with van der Waals surface area (Å²) in [5.41, 5.74) is 7.92. The summed E-state index contributed by atoms with van der Waals surface area (Å²) >= 11 is 0. The molecule has 0 aliphatic carbocycles. The highest BCUT2D eigenvalue weighted by Crippen LogP contribution is 2.33. The van der Waals surface area contributed by atoms with E-state index in [1.807, 2.05) is 17.7 Å². The lowest BCUT2D eigenvalue weighted by atomic mass is 9.97. The van der Waals surface area contributed by atoms with Crippen molar-refractivity contribution in [3.8, 4) is 11.1 Å². The fraction of sp³-hybridized carbons (Fsp3) is 0.0357. The number of ketones is 1. The predicted octanol–water partition coefficient (Wildman–Crippen LogP) is 5.45. The number of pyridine rings is 1. The number of rotatable bonds is 6. The summed E-state index contributed by atoms with van der Waals surface area (Å²) in [6.07, 6.45) is 2.86. The Morgan fingerprint density at radius 3 is 2.63 bits per heavy atom. The average molecular weight is 577 g/mol. The van der Waals surface area contributed by atoms with E-state index in [1.54, 1.807) is 18.3 Å². The van der Waals surface area contributed by atoms with Crippen LogP contribution in [0.25, 0.3) is 33.2 Å². The van der Waals surface area contributed by atoms with E-state index in [-0.39, 0.29) is 16.9 Å². The first-order chi connectivity index (χ1) is 19.5. The molecule has 0 aliphatic heterocycles. The number of nitrogens with zero attached hydrogens (tertiary/aromatic N) is 2. The first kappa shape index (κ1) is 26.1. The van der Waals surface area contributed by atoms with Gasteiger partial charge in [-0.15, -0.1) is 0 Å². The molecule has 0 saturated carbocycles. The Bertz CT molecular complexity index is 2140. The molecule has 0 saturated heterocycles. The number of fused-ring (bicyclic) bond motifs is 2. The van der Waals surface area contributed by atoms with Crippen molar-refractivity contribution < 1.29 is 26.4 Å². The second kappa shape index (κ2) is 9.48. The predicted molar refractivity (Wildman–Crippen MR) is 147 cm³/mol. The number of aromatic amines is 2. The first-order valence-electron chi connectivity index (χ1n) is 12.1. The van der Waals surface area contributed by atoms with E-state index in [9.17, 15) is 22.0 Å². The van der Waals surface area contributed by atoms with Crippen LogP contribution in [0.1, 0.15) is 21.5 Å². The molecule has 0 aliphatic rings. The van der Waals surface area contributed by atoms with Crippen LogP contribution in [0.15, 0.2) is 71.9 Å². The van der Waals surface area contributed by atoms with Gasteiger partial charge in [-0.05, 0) is 60.5 Å². The number of nitrogen functional groups attached to an aromatic ring is 1. The minimum atomic E-state index is -4.45. The van der Waals surface area contributed by atoms with Crippen LogP contribution < -0.4 is 10.5 Å². The number of hydrogen-bond acceptors (Lipinski definition) is 6. The second-order valence-electron chi connectivity index (χ2n) is 9.25. The van der Waals surface area contributed by atoms with Crippen molar-refractivity contribution in [1.29, 1.82) is 0 Å². The minimum Gasteiger partial charge on any atom is -0.369 e. The Labute approximate surface area is 230 Å². The van der Waals surface area contributed by atoms with Crippen molar-refractivity contribution in [1.82, 2.24) is 19.9 Å². The van der Waals surface area contributed by atoms with Crippen LogP contribution in [0.3, 0.4) is 0 Å². The topological polar surface area (TPSA) is 147 Å². The van der Waals surface area contributed by atoms with Crippen LogP contribution in [0, 0.1) is 24.4 Å². The molecule has 0 fully saturated rings. The number of anilines is 2. The largest absolute Gasteiger partial charge is 0.369 e. The number of carbonyl (C=O) groups excluding carboxylic acids is 1. The molecule has 5 N–H and O–H groups in total. The Balaban J connectivity index is 1.41. The van der Waals surface area contributed by atoms with Gasteiger partial charge in [0.15, 0.2) is 11.8 Å². The smallest absolute Gasteiger partial charge is 0.262 e. The Hall–Kier alpha value is -5.17. The van der Waals surface area contributed by atoms with Crippen molar-refractivity contribution in [2.45, 2.75) is 11.8 Å². The fourth-order valence-corrected chi connectivity index (χ4v) is 5.79. The van der Waals surface area contributed by atoms with Gasteiger partial charge < -0.3 is 15.7 Å². The van der Waals surface area contributed by atoms with Gasteiger partial charge in [-0.1, -0.05) is 12.1 Å². The van der Waals surface area contributed by atoms with E-state index in [4.69, 9.17) is 5.73 Å². The van der Waals surface area contributed by atoms with Crippen LogP contribution in [-0.4, -0.2) is 34.1 Å². The molecule has 0 unspecified atom stereocenters. The highest BCUT2D eigenvalue weighted by molar-refractivity contribution is 7.92. The van der Waals surface area contributed by atoms with Gasteiger partial charge in [0.25, 0.3) is 10.0 Å². The lowest BCUT2D eigenvalue weighted by molar-refractivity contribution is 0.103. The molecule has 0 amide bonds.